The lowest BCUT2D eigenvalue weighted by Gasteiger charge is -2.29. The maximum atomic E-state index is 12.4. The number of likely N-dealkylation sites (N-methyl/N-ethyl adjacent to an activating group) is 1. The average Bonchev–Trinajstić information content (AvgIpc) is 3.15. The van der Waals surface area contributed by atoms with E-state index in [9.17, 15) is 9.59 Å². The van der Waals surface area contributed by atoms with Crippen molar-refractivity contribution in [2.45, 2.75) is 25.4 Å². The summed E-state index contributed by atoms with van der Waals surface area (Å²) in [5.41, 5.74) is 3.24. The molecule has 1 N–H and O–H groups in total. The molecule has 2 amide bonds. The molecule has 2 aromatic rings. The van der Waals surface area contributed by atoms with Gasteiger partial charge < -0.3 is 19.7 Å². The highest BCUT2D eigenvalue weighted by atomic mass is 16.6. The number of carbonyl (C=O) groups is 2. The minimum atomic E-state index is -0.646. The minimum absolute atomic E-state index is 0.269. The molecule has 1 aliphatic heterocycles. The van der Waals surface area contributed by atoms with Gasteiger partial charge in [0.05, 0.1) is 6.54 Å². The van der Waals surface area contributed by atoms with Gasteiger partial charge in [0.25, 0.3) is 0 Å². The topological polar surface area (TPSA) is 67.9 Å². The van der Waals surface area contributed by atoms with Gasteiger partial charge in [0.15, 0.2) is 17.6 Å². The number of nitrogens with one attached hydrogen (secondary N) is 1. The number of hydrogen-bond acceptors (Lipinski definition) is 4. The molecule has 1 atom stereocenters. The third-order valence-corrected chi connectivity index (χ3v) is 4.94. The maximum Gasteiger partial charge on any atom is 0.313 e. The normalized spacial score (nSPS) is 17.1. The van der Waals surface area contributed by atoms with Crippen molar-refractivity contribution in [2.24, 2.45) is 0 Å². The van der Waals surface area contributed by atoms with Crippen LogP contribution < -0.4 is 14.8 Å². The summed E-state index contributed by atoms with van der Waals surface area (Å²) in [7, 11) is 1.59. The minimum Gasteiger partial charge on any atom is -0.486 e. The summed E-state index contributed by atoms with van der Waals surface area (Å²) in [5.74, 6) is 0.0970. The molecular formula is C21H22N2O4. The second-order valence-electron chi connectivity index (χ2n) is 6.97. The number of carbonyl (C=O) groups excluding carboxylic acids is 2. The molecule has 0 spiro atoms. The number of para-hydroxylation sites is 2. The van der Waals surface area contributed by atoms with Gasteiger partial charge >= 0.3 is 11.8 Å². The summed E-state index contributed by atoms with van der Waals surface area (Å²) in [6.07, 6.45) is 2.92. The Kier molecular flexibility index (Phi) is 4.71. The molecule has 2 aromatic carbocycles. The first kappa shape index (κ1) is 17.4. The van der Waals surface area contributed by atoms with Crippen LogP contribution in [0.3, 0.4) is 0 Å². The van der Waals surface area contributed by atoms with Crippen LogP contribution in [0.5, 0.6) is 11.5 Å². The Morgan fingerprint density at radius 3 is 2.74 bits per heavy atom. The van der Waals surface area contributed by atoms with Gasteiger partial charge in [-0.15, -0.1) is 0 Å². The molecule has 1 unspecified atom stereocenters. The Morgan fingerprint density at radius 1 is 1.11 bits per heavy atom. The van der Waals surface area contributed by atoms with Crippen molar-refractivity contribution in [2.75, 3.05) is 25.5 Å². The number of rotatable bonds is 3. The molecular weight excluding hydrogens is 344 g/mol. The number of hydrogen-bond donors (Lipinski definition) is 1. The molecule has 1 heterocycles. The van der Waals surface area contributed by atoms with Crippen LogP contribution in [-0.2, 0) is 22.4 Å². The first-order valence-electron chi connectivity index (χ1n) is 9.17. The third-order valence-electron chi connectivity index (χ3n) is 4.94. The van der Waals surface area contributed by atoms with Crippen LogP contribution in [0.1, 0.15) is 17.5 Å². The zero-order chi connectivity index (χ0) is 18.8. The van der Waals surface area contributed by atoms with E-state index in [1.807, 2.05) is 42.5 Å². The number of nitrogens with zero attached hydrogens (tertiary/aromatic N) is 1. The molecule has 6 heteroatoms. The average molecular weight is 366 g/mol. The van der Waals surface area contributed by atoms with Crippen molar-refractivity contribution in [3.63, 3.8) is 0 Å². The SMILES string of the molecule is CN(CC1COc2ccccc2O1)C(=O)C(=O)Nc1ccc2c(c1)CCC2. The highest BCUT2D eigenvalue weighted by Crippen LogP contribution is 2.31. The predicted molar refractivity (Wildman–Crippen MR) is 101 cm³/mol. The Bertz CT molecular complexity index is 880. The molecule has 0 aromatic heterocycles. The smallest absolute Gasteiger partial charge is 0.313 e. The molecule has 2 aliphatic rings. The van der Waals surface area contributed by atoms with Gasteiger partial charge in [-0.3, -0.25) is 9.59 Å². The van der Waals surface area contributed by atoms with Crippen molar-refractivity contribution in [3.05, 3.63) is 53.6 Å². The van der Waals surface area contributed by atoms with Gasteiger partial charge in [-0.1, -0.05) is 18.2 Å². The highest BCUT2D eigenvalue weighted by molar-refractivity contribution is 6.39. The van der Waals surface area contributed by atoms with E-state index in [0.717, 1.165) is 19.3 Å². The zero-order valence-corrected chi connectivity index (χ0v) is 15.2. The van der Waals surface area contributed by atoms with Gasteiger partial charge in [0.2, 0.25) is 0 Å². The van der Waals surface area contributed by atoms with Crippen LogP contribution >= 0.6 is 0 Å². The van der Waals surface area contributed by atoms with Crippen LogP contribution in [0.15, 0.2) is 42.5 Å². The van der Waals surface area contributed by atoms with Crippen LogP contribution in [0.2, 0.25) is 0 Å². The van der Waals surface area contributed by atoms with E-state index in [4.69, 9.17) is 9.47 Å². The summed E-state index contributed by atoms with van der Waals surface area (Å²) >= 11 is 0. The molecule has 0 bridgehead atoms. The fourth-order valence-electron chi connectivity index (χ4n) is 3.55. The number of fused-ring (bicyclic) bond motifs is 2. The van der Waals surface area contributed by atoms with Crippen molar-refractivity contribution in [3.8, 4) is 11.5 Å². The number of aryl methyl sites for hydroxylation is 2. The van der Waals surface area contributed by atoms with Gasteiger partial charge in [0, 0.05) is 12.7 Å². The largest absolute Gasteiger partial charge is 0.486 e. The fourth-order valence-corrected chi connectivity index (χ4v) is 3.55. The summed E-state index contributed by atoms with van der Waals surface area (Å²) in [5, 5.41) is 2.70. The zero-order valence-electron chi connectivity index (χ0n) is 15.2. The maximum absolute atomic E-state index is 12.4. The molecule has 1 aliphatic carbocycles. The summed E-state index contributed by atoms with van der Waals surface area (Å²) in [4.78, 5) is 26.1. The van der Waals surface area contributed by atoms with E-state index >= 15 is 0 Å². The molecule has 27 heavy (non-hydrogen) atoms. The van der Waals surface area contributed by atoms with E-state index in [2.05, 4.69) is 5.32 Å². The second kappa shape index (κ2) is 7.31. The predicted octanol–water partition coefficient (Wildman–Crippen LogP) is 2.41. The summed E-state index contributed by atoms with van der Waals surface area (Å²) in [6.45, 7) is 0.603. The quantitative estimate of drug-likeness (QED) is 0.847. The van der Waals surface area contributed by atoms with Crippen LogP contribution in [0, 0.1) is 0 Å². The van der Waals surface area contributed by atoms with Crippen LogP contribution in [0.4, 0.5) is 5.69 Å². The molecule has 4 rings (SSSR count). The van der Waals surface area contributed by atoms with Crippen molar-refractivity contribution in [1.82, 2.24) is 4.90 Å². The molecule has 140 valence electrons. The summed E-state index contributed by atoms with van der Waals surface area (Å²) in [6, 6.07) is 13.2. The number of amides is 2. The second-order valence-corrected chi connectivity index (χ2v) is 6.97. The van der Waals surface area contributed by atoms with Crippen molar-refractivity contribution >= 4 is 17.5 Å². The standard InChI is InChI=1S/C21H22N2O4/c1-23(12-17-13-26-18-7-2-3-8-19(18)27-17)21(25)20(24)22-16-10-9-14-5-4-6-15(14)11-16/h2-3,7-11,17H,4-6,12-13H2,1H3,(H,22,24). The lowest BCUT2D eigenvalue weighted by molar-refractivity contribution is -0.143. The van der Waals surface area contributed by atoms with E-state index in [-0.39, 0.29) is 12.6 Å². The molecule has 6 nitrogen and oxygen atoms in total. The molecule has 0 fully saturated rings. The first-order valence-corrected chi connectivity index (χ1v) is 9.17. The molecule has 0 radical (unpaired) electrons. The van der Waals surface area contributed by atoms with Crippen LogP contribution in [-0.4, -0.2) is 43.0 Å². The lowest BCUT2D eigenvalue weighted by Crippen LogP contribution is -2.45. The number of anilines is 1. The first-order chi connectivity index (χ1) is 13.1. The molecule has 0 saturated heterocycles. The summed E-state index contributed by atoms with van der Waals surface area (Å²) < 4.78 is 11.5. The Balaban J connectivity index is 1.34. The number of ether oxygens (including phenoxy) is 2. The van der Waals surface area contributed by atoms with E-state index in [1.54, 1.807) is 7.05 Å². The van der Waals surface area contributed by atoms with E-state index < -0.39 is 11.8 Å². The van der Waals surface area contributed by atoms with Gasteiger partial charge in [-0.25, -0.2) is 0 Å². The van der Waals surface area contributed by atoms with Gasteiger partial charge in [0.1, 0.15) is 6.61 Å². The fraction of sp³-hybridized carbons (Fsp3) is 0.333. The number of benzene rings is 2. The van der Waals surface area contributed by atoms with E-state index in [1.165, 1.54) is 16.0 Å². The van der Waals surface area contributed by atoms with Gasteiger partial charge in [-0.2, -0.15) is 0 Å². The Labute approximate surface area is 158 Å². The van der Waals surface area contributed by atoms with E-state index in [0.29, 0.717) is 23.8 Å². The Hall–Kier alpha value is -3.02. The van der Waals surface area contributed by atoms with Crippen molar-refractivity contribution < 1.29 is 19.1 Å². The monoisotopic (exact) mass is 366 g/mol. The van der Waals surface area contributed by atoms with Crippen LogP contribution in [0.25, 0.3) is 0 Å². The highest BCUT2D eigenvalue weighted by Gasteiger charge is 2.26. The van der Waals surface area contributed by atoms with Crippen molar-refractivity contribution in [1.29, 1.82) is 0 Å². The Morgan fingerprint density at radius 2 is 1.89 bits per heavy atom. The molecule has 0 saturated carbocycles. The third kappa shape index (κ3) is 3.74. The lowest BCUT2D eigenvalue weighted by atomic mass is 10.1. The van der Waals surface area contributed by atoms with Gasteiger partial charge in [-0.05, 0) is 54.7 Å².